The molecule has 1 aliphatic rings. The fourth-order valence-electron chi connectivity index (χ4n) is 3.32. The van der Waals surface area contributed by atoms with Crippen molar-refractivity contribution in [1.82, 2.24) is 5.32 Å². The van der Waals surface area contributed by atoms with E-state index in [1.807, 2.05) is 26.0 Å². The van der Waals surface area contributed by atoms with Crippen molar-refractivity contribution in [3.05, 3.63) is 71.0 Å². The molecule has 0 spiro atoms. The zero-order chi connectivity index (χ0) is 18.5. The van der Waals surface area contributed by atoms with Crippen LogP contribution in [0, 0.1) is 19.7 Å². The Morgan fingerprint density at radius 1 is 1.27 bits per heavy atom. The smallest absolute Gasteiger partial charge is 0.131 e. The van der Waals surface area contributed by atoms with E-state index >= 15 is 0 Å². The van der Waals surface area contributed by atoms with Crippen LogP contribution in [0.5, 0.6) is 5.75 Å². The molecule has 3 rings (SSSR count). The molecule has 1 fully saturated rings. The van der Waals surface area contributed by atoms with E-state index in [2.05, 4.69) is 18.0 Å². The minimum Gasteiger partial charge on any atom is -0.493 e. The van der Waals surface area contributed by atoms with E-state index in [0.717, 1.165) is 48.6 Å². The molecule has 1 aliphatic heterocycles. The molecule has 1 N–H and O–H groups in total. The van der Waals surface area contributed by atoms with Crippen LogP contribution in [0.25, 0.3) is 5.57 Å². The Morgan fingerprint density at radius 2 is 2.08 bits per heavy atom. The van der Waals surface area contributed by atoms with Gasteiger partial charge in [0.05, 0.1) is 19.3 Å². The van der Waals surface area contributed by atoms with Crippen LogP contribution in [0.4, 0.5) is 4.39 Å². The molecule has 0 bridgehead atoms. The van der Waals surface area contributed by atoms with Crippen LogP contribution in [0.1, 0.15) is 28.7 Å². The van der Waals surface area contributed by atoms with Crippen LogP contribution in [-0.2, 0) is 4.74 Å². The summed E-state index contributed by atoms with van der Waals surface area (Å²) in [7, 11) is 0. The van der Waals surface area contributed by atoms with Gasteiger partial charge in [-0.25, -0.2) is 4.39 Å². The van der Waals surface area contributed by atoms with E-state index < -0.39 is 0 Å². The Kier molecular flexibility index (Phi) is 6.07. The molecule has 1 atom stereocenters. The van der Waals surface area contributed by atoms with Crippen LogP contribution < -0.4 is 10.1 Å². The molecule has 0 aliphatic carbocycles. The first kappa shape index (κ1) is 18.6. The van der Waals surface area contributed by atoms with Gasteiger partial charge in [0.1, 0.15) is 11.6 Å². The van der Waals surface area contributed by atoms with Crippen molar-refractivity contribution in [1.29, 1.82) is 0 Å². The Balaban J connectivity index is 1.80. The van der Waals surface area contributed by atoms with Crippen LogP contribution in [-0.4, -0.2) is 32.4 Å². The number of benzene rings is 2. The largest absolute Gasteiger partial charge is 0.493 e. The van der Waals surface area contributed by atoms with Gasteiger partial charge in [0.25, 0.3) is 0 Å². The van der Waals surface area contributed by atoms with Crippen molar-refractivity contribution < 1.29 is 13.9 Å². The average molecular weight is 355 g/mol. The highest BCUT2D eigenvalue weighted by molar-refractivity contribution is 5.82. The summed E-state index contributed by atoms with van der Waals surface area (Å²) < 4.78 is 26.1. The SMILES string of the molecule is C=C(c1ccccc1F)c1cc(C)cc(C)c1OCCC1CNCCO1. The molecule has 138 valence electrons. The number of nitrogens with one attached hydrogen (secondary N) is 1. The Hall–Kier alpha value is -2.17. The maximum absolute atomic E-state index is 14.2. The van der Waals surface area contributed by atoms with Crippen molar-refractivity contribution in [3.8, 4) is 5.75 Å². The van der Waals surface area contributed by atoms with Crippen molar-refractivity contribution >= 4 is 5.57 Å². The normalized spacial score (nSPS) is 17.1. The molecule has 26 heavy (non-hydrogen) atoms. The highest BCUT2D eigenvalue weighted by Crippen LogP contribution is 2.34. The molecule has 1 saturated heterocycles. The van der Waals surface area contributed by atoms with Crippen LogP contribution in [0.15, 0.2) is 43.0 Å². The topological polar surface area (TPSA) is 30.5 Å². The van der Waals surface area contributed by atoms with Gasteiger partial charge in [0, 0.05) is 30.6 Å². The number of aryl methyl sites for hydroxylation is 2. The van der Waals surface area contributed by atoms with Crippen LogP contribution in [0.2, 0.25) is 0 Å². The predicted octanol–water partition coefficient (Wildman–Crippen LogP) is 4.26. The predicted molar refractivity (Wildman–Crippen MR) is 103 cm³/mol. The minimum absolute atomic E-state index is 0.174. The van der Waals surface area contributed by atoms with E-state index in [1.54, 1.807) is 12.1 Å². The Bertz CT molecular complexity index is 782. The second-order valence-corrected chi connectivity index (χ2v) is 6.75. The van der Waals surface area contributed by atoms with Crippen LogP contribution in [0.3, 0.4) is 0 Å². The summed E-state index contributed by atoms with van der Waals surface area (Å²) in [6.07, 6.45) is 0.985. The van der Waals surface area contributed by atoms with Gasteiger partial charge >= 0.3 is 0 Å². The quantitative estimate of drug-likeness (QED) is 0.840. The third-order valence-corrected chi connectivity index (χ3v) is 4.63. The first-order valence-electron chi connectivity index (χ1n) is 9.07. The lowest BCUT2D eigenvalue weighted by molar-refractivity contribution is 0.0158. The van der Waals surface area contributed by atoms with Gasteiger partial charge in [0.15, 0.2) is 0 Å². The van der Waals surface area contributed by atoms with E-state index in [4.69, 9.17) is 9.47 Å². The first-order valence-corrected chi connectivity index (χ1v) is 9.07. The fourth-order valence-corrected chi connectivity index (χ4v) is 3.32. The molecule has 2 aromatic carbocycles. The number of ether oxygens (including phenoxy) is 2. The molecule has 0 aromatic heterocycles. The summed E-state index contributed by atoms with van der Waals surface area (Å²) in [6, 6.07) is 10.8. The van der Waals surface area contributed by atoms with Gasteiger partial charge in [-0.05, 0) is 42.7 Å². The van der Waals surface area contributed by atoms with E-state index in [0.29, 0.717) is 17.7 Å². The highest BCUT2D eigenvalue weighted by Gasteiger charge is 2.17. The van der Waals surface area contributed by atoms with Crippen LogP contribution >= 0.6 is 0 Å². The van der Waals surface area contributed by atoms with E-state index in [1.165, 1.54) is 6.07 Å². The molecule has 0 amide bonds. The summed E-state index contributed by atoms with van der Waals surface area (Å²) >= 11 is 0. The van der Waals surface area contributed by atoms with Crippen molar-refractivity contribution in [2.75, 3.05) is 26.3 Å². The van der Waals surface area contributed by atoms with Gasteiger partial charge in [-0.2, -0.15) is 0 Å². The zero-order valence-electron chi connectivity index (χ0n) is 15.5. The lowest BCUT2D eigenvalue weighted by atomic mass is 9.95. The van der Waals surface area contributed by atoms with Crippen molar-refractivity contribution in [2.24, 2.45) is 0 Å². The molecule has 2 aromatic rings. The van der Waals surface area contributed by atoms with E-state index in [9.17, 15) is 4.39 Å². The average Bonchev–Trinajstić information content (AvgIpc) is 2.64. The second kappa shape index (κ2) is 8.47. The summed E-state index contributed by atoms with van der Waals surface area (Å²) in [5, 5.41) is 3.32. The molecule has 0 saturated carbocycles. The maximum Gasteiger partial charge on any atom is 0.131 e. The van der Waals surface area contributed by atoms with Crippen molar-refractivity contribution in [3.63, 3.8) is 0 Å². The lowest BCUT2D eigenvalue weighted by Gasteiger charge is -2.24. The Labute approximate surface area is 154 Å². The lowest BCUT2D eigenvalue weighted by Crippen LogP contribution is -2.39. The Morgan fingerprint density at radius 3 is 2.81 bits per heavy atom. The number of rotatable bonds is 6. The minimum atomic E-state index is -0.274. The van der Waals surface area contributed by atoms with E-state index in [-0.39, 0.29) is 11.9 Å². The standard InChI is InChI=1S/C22H26FNO2/c1-15-12-16(2)22(26-10-8-18-14-24-9-11-25-18)20(13-15)17(3)19-6-4-5-7-21(19)23/h4-7,12-13,18,24H,3,8-11,14H2,1-2H3. The van der Waals surface area contributed by atoms with Gasteiger partial charge in [0.2, 0.25) is 0 Å². The van der Waals surface area contributed by atoms with Gasteiger partial charge in [-0.1, -0.05) is 30.8 Å². The molecule has 1 heterocycles. The first-order chi connectivity index (χ1) is 12.6. The molecule has 4 heteroatoms. The molecular formula is C22H26FNO2. The maximum atomic E-state index is 14.2. The second-order valence-electron chi connectivity index (χ2n) is 6.75. The van der Waals surface area contributed by atoms with Gasteiger partial charge in [-0.3, -0.25) is 0 Å². The molecular weight excluding hydrogens is 329 g/mol. The number of hydrogen-bond donors (Lipinski definition) is 1. The molecule has 0 radical (unpaired) electrons. The highest BCUT2D eigenvalue weighted by atomic mass is 19.1. The zero-order valence-corrected chi connectivity index (χ0v) is 15.5. The van der Waals surface area contributed by atoms with Gasteiger partial charge in [-0.15, -0.1) is 0 Å². The summed E-state index contributed by atoms with van der Waals surface area (Å²) in [5.41, 5.74) is 4.11. The number of hydrogen-bond acceptors (Lipinski definition) is 3. The molecule has 3 nitrogen and oxygen atoms in total. The monoisotopic (exact) mass is 355 g/mol. The summed E-state index contributed by atoms with van der Waals surface area (Å²) in [6.45, 7) is 11.2. The summed E-state index contributed by atoms with van der Waals surface area (Å²) in [4.78, 5) is 0. The number of halogens is 1. The fraction of sp³-hybridized carbons (Fsp3) is 0.364. The van der Waals surface area contributed by atoms with Gasteiger partial charge < -0.3 is 14.8 Å². The molecule has 1 unspecified atom stereocenters. The summed E-state index contributed by atoms with van der Waals surface area (Å²) in [5.74, 6) is 0.497. The third kappa shape index (κ3) is 4.32. The van der Waals surface area contributed by atoms with Crippen molar-refractivity contribution in [2.45, 2.75) is 26.4 Å². The number of morpholine rings is 1. The third-order valence-electron chi connectivity index (χ3n) is 4.63.